The highest BCUT2D eigenvalue weighted by Crippen LogP contribution is 2.36. The van der Waals surface area contributed by atoms with Gasteiger partial charge >= 0.3 is 5.97 Å². The van der Waals surface area contributed by atoms with Gasteiger partial charge in [0.15, 0.2) is 11.9 Å². The summed E-state index contributed by atoms with van der Waals surface area (Å²) in [7, 11) is -2.47. The zero-order chi connectivity index (χ0) is 27.9. The molecular formula is C28H29N3O6S2. The lowest BCUT2D eigenvalue weighted by molar-refractivity contribution is 0.0319. The predicted molar refractivity (Wildman–Crippen MR) is 150 cm³/mol. The van der Waals surface area contributed by atoms with Crippen molar-refractivity contribution in [2.75, 3.05) is 11.8 Å². The van der Waals surface area contributed by atoms with Crippen molar-refractivity contribution in [3.05, 3.63) is 80.2 Å². The summed E-state index contributed by atoms with van der Waals surface area (Å²) in [6, 6.07) is 10.8. The highest BCUT2D eigenvalue weighted by atomic mass is 32.2. The van der Waals surface area contributed by atoms with Gasteiger partial charge in [-0.05, 0) is 86.6 Å². The Morgan fingerprint density at radius 1 is 1.21 bits per heavy atom. The van der Waals surface area contributed by atoms with Crippen LogP contribution in [-0.2, 0) is 27.6 Å². The van der Waals surface area contributed by atoms with Crippen LogP contribution in [0.1, 0.15) is 58.6 Å². The molecule has 2 heterocycles. The van der Waals surface area contributed by atoms with Gasteiger partial charge in [-0.3, -0.25) is 9.52 Å². The Morgan fingerprint density at radius 2 is 1.95 bits per heavy atom. The van der Waals surface area contributed by atoms with Crippen molar-refractivity contribution in [2.45, 2.75) is 51.0 Å². The van der Waals surface area contributed by atoms with Gasteiger partial charge in [-0.2, -0.15) is 0 Å². The molecule has 204 valence electrons. The monoisotopic (exact) mass is 567 g/mol. The number of rotatable bonds is 7. The van der Waals surface area contributed by atoms with Crippen LogP contribution in [0.25, 0.3) is 10.2 Å². The van der Waals surface area contributed by atoms with Gasteiger partial charge in [0.1, 0.15) is 10.6 Å². The van der Waals surface area contributed by atoms with Crippen LogP contribution in [0, 0.1) is 12.8 Å². The van der Waals surface area contributed by atoms with Crippen LogP contribution < -0.4 is 15.0 Å². The summed E-state index contributed by atoms with van der Waals surface area (Å²) in [5.41, 5.74) is 1.72. The Balaban J connectivity index is 1.37. The van der Waals surface area contributed by atoms with Gasteiger partial charge in [-0.1, -0.05) is 13.0 Å². The van der Waals surface area contributed by atoms with Crippen LogP contribution in [0.2, 0.25) is 0 Å². The minimum atomic E-state index is -3.99. The second kappa shape index (κ2) is 10.5. The van der Waals surface area contributed by atoms with Crippen LogP contribution in [-0.4, -0.2) is 31.5 Å². The molecule has 2 aromatic heterocycles. The second-order valence-corrected chi connectivity index (χ2v) is 12.6. The number of hydrogen-bond donors (Lipinski definition) is 2. The van der Waals surface area contributed by atoms with Crippen molar-refractivity contribution >= 4 is 43.2 Å². The van der Waals surface area contributed by atoms with Gasteiger partial charge in [-0.25, -0.2) is 18.2 Å². The van der Waals surface area contributed by atoms with E-state index >= 15 is 0 Å². The fourth-order valence-electron chi connectivity index (χ4n) is 4.73. The molecule has 2 N–H and O–H groups in total. The third kappa shape index (κ3) is 5.41. The Hall–Kier alpha value is -3.70. The first-order valence-corrected chi connectivity index (χ1v) is 14.9. The van der Waals surface area contributed by atoms with Crippen LogP contribution in [0.5, 0.6) is 5.75 Å². The van der Waals surface area contributed by atoms with Crippen LogP contribution >= 0.6 is 11.3 Å². The molecule has 0 radical (unpaired) electrons. The Bertz CT molecular complexity index is 1720. The van der Waals surface area contributed by atoms with Crippen molar-refractivity contribution in [1.29, 1.82) is 0 Å². The lowest BCUT2D eigenvalue weighted by Gasteiger charge is -2.17. The largest absolute Gasteiger partial charge is 0.497 e. The van der Waals surface area contributed by atoms with E-state index in [-0.39, 0.29) is 21.8 Å². The van der Waals surface area contributed by atoms with Crippen LogP contribution in [0.4, 0.5) is 5.69 Å². The number of esters is 1. The van der Waals surface area contributed by atoms with E-state index in [1.807, 2.05) is 0 Å². The van der Waals surface area contributed by atoms with Gasteiger partial charge in [0, 0.05) is 10.6 Å². The fraction of sp³-hybridized carbons (Fsp3) is 0.321. The van der Waals surface area contributed by atoms with Gasteiger partial charge < -0.3 is 14.5 Å². The molecule has 4 aromatic rings. The number of benzene rings is 2. The molecular weight excluding hydrogens is 538 g/mol. The summed E-state index contributed by atoms with van der Waals surface area (Å²) in [5.74, 6) is 0.675. The molecule has 0 amide bonds. The van der Waals surface area contributed by atoms with Crippen LogP contribution in [0.15, 0.2) is 52.2 Å². The number of nitrogens with one attached hydrogen (secondary N) is 2. The standard InChI is InChI=1S/C28H29N3O6S2/c1-15-5-12-21-22(13-15)38-27-24(21)26(32)29-25(30-27)17(3)37-28(33)18-7-6-16(2)23(14-18)39(34,35)31-19-8-10-20(36-4)11-9-19/h6-11,14-15,17,31H,5,12-13H2,1-4H3,(H,29,30,32)/t15-,17+/m0/s1. The van der Waals surface area contributed by atoms with Crippen molar-refractivity contribution in [3.63, 3.8) is 0 Å². The average Bonchev–Trinajstić information content (AvgIpc) is 3.26. The number of anilines is 1. The quantitative estimate of drug-likeness (QED) is 0.296. The fourth-order valence-corrected chi connectivity index (χ4v) is 7.45. The number of carbonyl (C=O) groups excluding carboxylic acids is 1. The van der Waals surface area contributed by atoms with E-state index in [1.54, 1.807) is 44.2 Å². The highest BCUT2D eigenvalue weighted by molar-refractivity contribution is 7.92. The number of carbonyl (C=O) groups is 1. The third-order valence-electron chi connectivity index (χ3n) is 6.91. The van der Waals surface area contributed by atoms with Crippen molar-refractivity contribution < 1.29 is 22.7 Å². The summed E-state index contributed by atoms with van der Waals surface area (Å²) in [6.45, 7) is 5.47. The number of aromatic amines is 1. The first-order chi connectivity index (χ1) is 18.6. The number of aromatic nitrogens is 2. The number of fused-ring (bicyclic) bond motifs is 3. The summed E-state index contributed by atoms with van der Waals surface area (Å²) in [4.78, 5) is 35.1. The summed E-state index contributed by atoms with van der Waals surface area (Å²) in [5, 5.41) is 0.627. The molecule has 1 aliphatic rings. The first-order valence-electron chi connectivity index (χ1n) is 12.6. The second-order valence-electron chi connectivity index (χ2n) is 9.84. The molecule has 9 nitrogen and oxygen atoms in total. The lowest BCUT2D eigenvalue weighted by Crippen LogP contribution is -2.19. The topological polar surface area (TPSA) is 127 Å². The molecule has 0 saturated carbocycles. The van der Waals surface area contributed by atoms with E-state index in [2.05, 4.69) is 21.6 Å². The molecule has 1 aliphatic carbocycles. The minimum absolute atomic E-state index is 0.0493. The molecule has 11 heteroatoms. The van der Waals surface area contributed by atoms with Crippen molar-refractivity contribution in [2.24, 2.45) is 5.92 Å². The number of nitrogens with zero attached hydrogens (tertiary/aromatic N) is 1. The predicted octanol–water partition coefficient (Wildman–Crippen LogP) is 5.15. The van der Waals surface area contributed by atoms with E-state index in [0.29, 0.717) is 33.1 Å². The first kappa shape index (κ1) is 26.9. The number of ether oxygens (including phenoxy) is 2. The SMILES string of the molecule is COc1ccc(NS(=O)(=O)c2cc(C(=O)O[C@H](C)c3nc4sc5c(c4c(=O)[nH]3)CC[C@H](C)C5)ccc2C)cc1. The molecule has 0 aliphatic heterocycles. The van der Waals surface area contributed by atoms with Gasteiger partial charge in [-0.15, -0.1) is 11.3 Å². The summed E-state index contributed by atoms with van der Waals surface area (Å²) in [6.07, 6.45) is 1.97. The molecule has 0 saturated heterocycles. The molecule has 0 bridgehead atoms. The molecule has 2 aromatic carbocycles. The minimum Gasteiger partial charge on any atom is -0.497 e. The summed E-state index contributed by atoms with van der Waals surface area (Å²) < 4.78 is 39.5. The maximum atomic E-state index is 13.1. The normalized spacial score (nSPS) is 15.9. The van der Waals surface area contributed by atoms with E-state index in [9.17, 15) is 18.0 Å². The van der Waals surface area contributed by atoms with Gasteiger partial charge in [0.2, 0.25) is 0 Å². The lowest BCUT2D eigenvalue weighted by atomic mass is 9.89. The smallest absolute Gasteiger partial charge is 0.338 e. The molecule has 0 spiro atoms. The number of hydrogen-bond acceptors (Lipinski definition) is 8. The average molecular weight is 568 g/mol. The maximum Gasteiger partial charge on any atom is 0.338 e. The van der Waals surface area contributed by atoms with E-state index in [4.69, 9.17) is 9.47 Å². The van der Waals surface area contributed by atoms with E-state index in [0.717, 1.165) is 24.8 Å². The molecule has 0 fully saturated rings. The summed E-state index contributed by atoms with van der Waals surface area (Å²) >= 11 is 1.52. The van der Waals surface area contributed by atoms with E-state index < -0.39 is 22.1 Å². The van der Waals surface area contributed by atoms with Crippen LogP contribution in [0.3, 0.4) is 0 Å². The maximum absolute atomic E-state index is 13.1. The van der Waals surface area contributed by atoms with E-state index in [1.165, 1.54) is 35.5 Å². The number of methoxy groups -OCH3 is 1. The van der Waals surface area contributed by atoms with Crippen molar-refractivity contribution in [1.82, 2.24) is 9.97 Å². The molecule has 5 rings (SSSR count). The zero-order valence-corrected chi connectivity index (χ0v) is 23.7. The third-order valence-corrected chi connectivity index (χ3v) is 9.58. The number of aryl methyl sites for hydroxylation is 2. The Labute approximate surface area is 230 Å². The van der Waals surface area contributed by atoms with Crippen molar-refractivity contribution in [3.8, 4) is 5.75 Å². The molecule has 39 heavy (non-hydrogen) atoms. The number of thiophene rings is 1. The Kier molecular flexibility index (Phi) is 7.21. The number of H-pyrrole nitrogens is 1. The highest BCUT2D eigenvalue weighted by Gasteiger charge is 2.25. The zero-order valence-electron chi connectivity index (χ0n) is 22.0. The number of sulfonamides is 1. The van der Waals surface area contributed by atoms with Gasteiger partial charge in [0.25, 0.3) is 15.6 Å². The molecule has 2 atom stereocenters. The van der Waals surface area contributed by atoms with Gasteiger partial charge in [0.05, 0.1) is 23.0 Å². The Morgan fingerprint density at radius 3 is 2.67 bits per heavy atom. The molecule has 0 unspecified atom stereocenters.